The summed E-state index contributed by atoms with van der Waals surface area (Å²) in [6.45, 7) is 15.5. The molecule has 0 saturated carbocycles. The first-order chi connectivity index (χ1) is 12.2. The van der Waals surface area contributed by atoms with E-state index in [0.29, 0.717) is 5.54 Å². The van der Waals surface area contributed by atoms with Crippen LogP contribution in [0.4, 0.5) is 0 Å². The molecule has 0 radical (unpaired) electrons. The zero-order chi connectivity index (χ0) is 19.5. The maximum atomic E-state index is 13.4. The second-order valence-corrected chi connectivity index (χ2v) is 13.2. The molecule has 2 aromatic carbocycles. The van der Waals surface area contributed by atoms with Crippen LogP contribution in [-0.2, 0) is 0 Å². The molecule has 0 aliphatic heterocycles. The number of hydrogen-bond acceptors (Lipinski definition) is 1. The molecular weight excluding hydrogens is 334 g/mol. The van der Waals surface area contributed by atoms with E-state index in [-0.39, 0.29) is 18.0 Å². The molecule has 3 heteroatoms. The molecule has 0 fully saturated rings. The van der Waals surface area contributed by atoms with Crippen LogP contribution in [0.1, 0.15) is 56.1 Å². The lowest BCUT2D eigenvalue weighted by molar-refractivity contribution is 0.0642. The molecule has 0 aliphatic rings. The number of carbonyl (C=O) groups excluding carboxylic acids is 1. The van der Waals surface area contributed by atoms with Gasteiger partial charge in [0, 0.05) is 17.6 Å². The van der Waals surface area contributed by atoms with Crippen LogP contribution in [0.15, 0.2) is 54.6 Å². The Hall–Kier alpha value is -1.87. The molecule has 0 aliphatic carbocycles. The molecule has 26 heavy (non-hydrogen) atoms. The first kappa shape index (κ1) is 20.4. The molecule has 0 saturated heterocycles. The second kappa shape index (κ2) is 8.21. The molecule has 1 amide bonds. The fraction of sp³-hybridized carbons (Fsp3) is 0.435. The van der Waals surface area contributed by atoms with Crippen molar-refractivity contribution in [2.45, 2.75) is 65.3 Å². The van der Waals surface area contributed by atoms with Crippen molar-refractivity contribution in [1.29, 1.82) is 0 Å². The topological polar surface area (TPSA) is 20.3 Å². The van der Waals surface area contributed by atoms with Gasteiger partial charge >= 0.3 is 0 Å². The third-order valence-corrected chi connectivity index (χ3v) is 9.90. The van der Waals surface area contributed by atoms with Crippen molar-refractivity contribution in [3.8, 4) is 0 Å². The predicted octanol–water partition coefficient (Wildman–Crippen LogP) is 5.20. The van der Waals surface area contributed by atoms with Crippen LogP contribution in [0.5, 0.6) is 0 Å². The predicted molar refractivity (Wildman–Crippen MR) is 115 cm³/mol. The van der Waals surface area contributed by atoms with Gasteiger partial charge in [-0.25, -0.2) is 0 Å². The Morgan fingerprint density at radius 2 is 1.31 bits per heavy atom. The van der Waals surface area contributed by atoms with Crippen molar-refractivity contribution < 1.29 is 4.79 Å². The number of carbonyl (C=O) groups is 1. The zero-order valence-corrected chi connectivity index (χ0v) is 18.3. The summed E-state index contributed by atoms with van der Waals surface area (Å²) in [7, 11) is -1.76. The van der Waals surface area contributed by atoms with Gasteiger partial charge in [-0.15, -0.1) is 0 Å². The molecule has 2 nitrogen and oxygen atoms in total. The van der Waals surface area contributed by atoms with E-state index < -0.39 is 8.07 Å². The Morgan fingerprint density at radius 3 is 1.85 bits per heavy atom. The number of rotatable bonds is 6. The van der Waals surface area contributed by atoms with E-state index in [9.17, 15) is 4.79 Å². The second-order valence-electron chi connectivity index (χ2n) is 8.30. The summed E-state index contributed by atoms with van der Waals surface area (Å²) in [6.07, 6.45) is 0. The van der Waals surface area contributed by atoms with Crippen LogP contribution in [0.3, 0.4) is 0 Å². The molecule has 0 unspecified atom stereocenters. The van der Waals surface area contributed by atoms with Crippen LogP contribution < -0.4 is 5.19 Å². The van der Waals surface area contributed by atoms with E-state index in [1.54, 1.807) is 0 Å². The normalized spacial score (nSPS) is 13.1. The SMILES string of the molecule is CC(C)N(C(=O)c1ccccc1[C@@H](C)[Si](C)(C)c1ccccc1)C(C)C. The fourth-order valence-electron chi connectivity index (χ4n) is 3.78. The van der Waals surface area contributed by atoms with Crippen LogP contribution in [0.2, 0.25) is 13.1 Å². The quantitative estimate of drug-likeness (QED) is 0.642. The van der Waals surface area contributed by atoms with Gasteiger partial charge in [-0.3, -0.25) is 4.79 Å². The van der Waals surface area contributed by atoms with E-state index in [0.717, 1.165) is 5.56 Å². The van der Waals surface area contributed by atoms with Gasteiger partial charge < -0.3 is 4.90 Å². The van der Waals surface area contributed by atoms with Gasteiger partial charge in [-0.05, 0) is 44.9 Å². The highest BCUT2D eigenvalue weighted by molar-refractivity contribution is 6.90. The summed E-state index contributed by atoms with van der Waals surface area (Å²) in [5, 5.41) is 1.43. The number of hydrogen-bond donors (Lipinski definition) is 0. The third kappa shape index (κ3) is 4.09. The minimum atomic E-state index is -1.76. The summed E-state index contributed by atoms with van der Waals surface area (Å²) in [5.74, 6) is 0.148. The van der Waals surface area contributed by atoms with Gasteiger partial charge in [0.2, 0.25) is 0 Å². The van der Waals surface area contributed by atoms with Crippen LogP contribution in [0, 0.1) is 0 Å². The summed E-state index contributed by atoms with van der Waals surface area (Å²) >= 11 is 0. The van der Waals surface area contributed by atoms with Gasteiger partial charge in [0.25, 0.3) is 5.91 Å². The monoisotopic (exact) mass is 367 g/mol. The van der Waals surface area contributed by atoms with Crippen molar-refractivity contribution in [1.82, 2.24) is 4.90 Å². The minimum Gasteiger partial charge on any atom is -0.334 e. The molecule has 0 aromatic heterocycles. The summed E-state index contributed by atoms with van der Waals surface area (Å²) in [6, 6.07) is 19.3. The molecule has 0 heterocycles. The van der Waals surface area contributed by atoms with Crippen molar-refractivity contribution >= 4 is 19.2 Å². The van der Waals surface area contributed by atoms with Crippen LogP contribution in [-0.4, -0.2) is 31.0 Å². The summed E-state index contributed by atoms with van der Waals surface area (Å²) in [4.78, 5) is 15.3. The maximum Gasteiger partial charge on any atom is 0.254 e. The molecule has 0 N–H and O–H groups in total. The molecule has 0 spiro atoms. The third-order valence-electron chi connectivity index (χ3n) is 5.61. The molecule has 1 atom stereocenters. The van der Waals surface area contributed by atoms with E-state index in [1.807, 2.05) is 17.0 Å². The summed E-state index contributed by atoms with van der Waals surface area (Å²) < 4.78 is 0. The smallest absolute Gasteiger partial charge is 0.254 e. The van der Waals surface area contributed by atoms with Gasteiger partial charge in [0.05, 0.1) is 8.07 Å². The standard InChI is InChI=1S/C23H33NOSi/c1-17(2)24(18(3)4)23(25)22-16-12-11-15-21(22)19(5)26(6,7)20-13-9-8-10-14-20/h8-19H,1-7H3/t19-/m1/s1. The van der Waals surface area contributed by atoms with Crippen LogP contribution in [0.25, 0.3) is 0 Å². The van der Waals surface area contributed by atoms with Crippen molar-refractivity contribution in [3.05, 3.63) is 65.7 Å². The van der Waals surface area contributed by atoms with Gasteiger partial charge in [0.15, 0.2) is 0 Å². The lowest BCUT2D eigenvalue weighted by Gasteiger charge is -2.35. The molecular formula is C23H33NOSi. The highest BCUT2D eigenvalue weighted by Crippen LogP contribution is 2.30. The first-order valence-corrected chi connectivity index (χ1v) is 12.7. The van der Waals surface area contributed by atoms with Gasteiger partial charge in [-0.2, -0.15) is 0 Å². The Kier molecular flexibility index (Phi) is 6.46. The van der Waals surface area contributed by atoms with Crippen molar-refractivity contribution in [2.75, 3.05) is 0 Å². The molecule has 2 aromatic rings. The average molecular weight is 368 g/mol. The lowest BCUT2D eigenvalue weighted by atomic mass is 10.0. The minimum absolute atomic E-state index is 0.148. The average Bonchev–Trinajstić information content (AvgIpc) is 2.61. The lowest BCUT2D eigenvalue weighted by Crippen LogP contribution is -2.47. The van der Waals surface area contributed by atoms with E-state index in [1.165, 1.54) is 10.8 Å². The number of benzene rings is 2. The van der Waals surface area contributed by atoms with Crippen LogP contribution >= 0.6 is 0 Å². The Bertz CT molecular complexity index is 729. The number of nitrogens with zero attached hydrogens (tertiary/aromatic N) is 1. The van der Waals surface area contributed by atoms with E-state index in [4.69, 9.17) is 0 Å². The first-order valence-electron chi connectivity index (χ1n) is 9.65. The Balaban J connectivity index is 2.47. The summed E-state index contributed by atoms with van der Waals surface area (Å²) in [5.41, 5.74) is 2.40. The Labute approximate surface area is 160 Å². The van der Waals surface area contributed by atoms with Gasteiger partial charge in [-0.1, -0.05) is 73.7 Å². The zero-order valence-electron chi connectivity index (χ0n) is 17.3. The fourth-order valence-corrected chi connectivity index (χ4v) is 6.36. The maximum absolute atomic E-state index is 13.4. The highest BCUT2D eigenvalue weighted by atomic mass is 28.3. The van der Waals surface area contributed by atoms with Gasteiger partial charge in [0.1, 0.15) is 0 Å². The molecule has 140 valence electrons. The van der Waals surface area contributed by atoms with Crippen molar-refractivity contribution in [3.63, 3.8) is 0 Å². The molecule has 2 rings (SSSR count). The number of amides is 1. The van der Waals surface area contributed by atoms with E-state index >= 15 is 0 Å². The highest BCUT2D eigenvalue weighted by Gasteiger charge is 2.34. The van der Waals surface area contributed by atoms with Crippen molar-refractivity contribution in [2.24, 2.45) is 0 Å². The largest absolute Gasteiger partial charge is 0.334 e. The Morgan fingerprint density at radius 1 is 0.808 bits per heavy atom. The molecule has 0 bridgehead atoms. The van der Waals surface area contributed by atoms with E-state index in [2.05, 4.69) is 90.2 Å².